The summed E-state index contributed by atoms with van der Waals surface area (Å²) in [5.74, 6) is 0.789. The van der Waals surface area contributed by atoms with E-state index in [1.165, 1.54) is 0 Å². The molecular weight excluding hydrogens is 371 g/mol. The smallest absolute Gasteiger partial charge is 0.132 e. The number of para-hydroxylation sites is 1. The van der Waals surface area contributed by atoms with Gasteiger partial charge in [0, 0.05) is 10.2 Å². The van der Waals surface area contributed by atoms with Crippen molar-refractivity contribution in [2.45, 2.75) is 19.2 Å². The van der Waals surface area contributed by atoms with Gasteiger partial charge in [0.25, 0.3) is 0 Å². The number of hydrogen-bond donors (Lipinski definition) is 0. The largest absolute Gasteiger partial charge is 0.294 e. The molecule has 0 saturated carbocycles. The molecule has 0 radical (unpaired) electrons. The number of benzene rings is 2. The minimum Gasteiger partial charge on any atom is -0.294 e. The van der Waals surface area contributed by atoms with Gasteiger partial charge in [-0.1, -0.05) is 33.6 Å². The maximum absolute atomic E-state index is 6.39. The Morgan fingerprint density at radius 2 is 2.00 bits per heavy atom. The van der Waals surface area contributed by atoms with Crippen molar-refractivity contribution in [3.8, 4) is 5.69 Å². The second kappa shape index (κ2) is 5.64. The van der Waals surface area contributed by atoms with Crippen LogP contribution < -0.4 is 0 Å². The first-order valence-electron chi connectivity index (χ1n) is 6.56. The quantitative estimate of drug-likeness (QED) is 0.492. The second-order valence-corrected chi connectivity index (χ2v) is 6.99. The van der Waals surface area contributed by atoms with E-state index in [-0.39, 0.29) is 5.38 Å². The van der Waals surface area contributed by atoms with Crippen molar-refractivity contribution in [3.05, 3.63) is 57.3 Å². The van der Waals surface area contributed by atoms with Gasteiger partial charge in [-0.15, -0.1) is 11.6 Å². The van der Waals surface area contributed by atoms with E-state index in [0.717, 1.165) is 32.6 Å². The molecule has 2 aromatic carbocycles. The Hall–Kier alpha value is -1.03. The van der Waals surface area contributed by atoms with Crippen LogP contribution >= 0.6 is 39.1 Å². The summed E-state index contributed by atoms with van der Waals surface area (Å²) >= 11 is 16.3. The molecule has 0 aliphatic rings. The zero-order chi connectivity index (χ0) is 15.1. The zero-order valence-corrected chi connectivity index (χ0v) is 14.7. The Morgan fingerprint density at radius 1 is 1.24 bits per heavy atom. The molecule has 0 amide bonds. The molecule has 0 fully saturated rings. The molecule has 1 unspecified atom stereocenters. The van der Waals surface area contributed by atoms with Gasteiger partial charge in [0.15, 0.2) is 0 Å². The van der Waals surface area contributed by atoms with Crippen molar-refractivity contribution in [1.82, 2.24) is 9.55 Å². The third-order valence-corrected chi connectivity index (χ3v) is 4.25. The van der Waals surface area contributed by atoms with Crippen molar-refractivity contribution < 1.29 is 0 Å². The molecule has 3 aromatic rings. The van der Waals surface area contributed by atoms with Crippen LogP contribution in [0.2, 0.25) is 5.02 Å². The average molecular weight is 384 g/mol. The Bertz CT molecular complexity index is 804. The number of imidazole rings is 1. The van der Waals surface area contributed by atoms with Crippen molar-refractivity contribution in [3.63, 3.8) is 0 Å². The maximum Gasteiger partial charge on any atom is 0.132 e. The predicted molar refractivity (Wildman–Crippen MR) is 92.8 cm³/mol. The van der Waals surface area contributed by atoms with Crippen LogP contribution in [0.25, 0.3) is 16.7 Å². The van der Waals surface area contributed by atoms with Gasteiger partial charge in [-0.25, -0.2) is 4.98 Å². The van der Waals surface area contributed by atoms with Gasteiger partial charge < -0.3 is 0 Å². The normalized spacial score (nSPS) is 12.8. The first kappa shape index (κ1) is 14.9. The molecule has 0 aliphatic carbocycles. The van der Waals surface area contributed by atoms with Crippen LogP contribution in [-0.2, 0) is 0 Å². The molecule has 1 atom stereocenters. The Balaban J connectivity index is 2.41. The van der Waals surface area contributed by atoms with E-state index in [1.807, 2.05) is 35.8 Å². The van der Waals surface area contributed by atoms with Gasteiger partial charge >= 0.3 is 0 Å². The van der Waals surface area contributed by atoms with Crippen LogP contribution in [0, 0.1) is 6.92 Å². The summed E-state index contributed by atoms with van der Waals surface area (Å²) in [5.41, 5.74) is 3.89. The van der Waals surface area contributed by atoms with E-state index in [2.05, 4.69) is 40.0 Å². The number of fused-ring (bicyclic) bond motifs is 1. The Morgan fingerprint density at radius 3 is 2.67 bits per heavy atom. The fraction of sp³-hybridized carbons (Fsp3) is 0.188. The highest BCUT2D eigenvalue weighted by Crippen LogP contribution is 2.33. The van der Waals surface area contributed by atoms with Crippen LogP contribution in [0.15, 0.2) is 40.9 Å². The molecule has 1 aromatic heterocycles. The number of halogens is 3. The fourth-order valence-electron chi connectivity index (χ4n) is 2.48. The Kier molecular flexibility index (Phi) is 4.00. The first-order valence-corrected chi connectivity index (χ1v) is 8.16. The summed E-state index contributed by atoms with van der Waals surface area (Å²) in [6.45, 7) is 3.97. The van der Waals surface area contributed by atoms with Gasteiger partial charge in [-0.05, 0) is 49.7 Å². The monoisotopic (exact) mass is 382 g/mol. The summed E-state index contributed by atoms with van der Waals surface area (Å²) in [4.78, 5) is 4.64. The molecule has 0 bridgehead atoms. The highest BCUT2D eigenvalue weighted by molar-refractivity contribution is 9.10. The molecule has 0 aliphatic heterocycles. The number of aryl methyl sites for hydroxylation is 1. The standard InChI is InChI=1S/C16H13BrCl2N2/c1-9-6-11(17)8-12(7-9)21-15-13(19)4-3-5-14(15)20-16(21)10(2)18/h3-8,10H,1-2H3. The maximum atomic E-state index is 6.39. The summed E-state index contributed by atoms with van der Waals surface area (Å²) in [6.07, 6.45) is 0. The lowest BCUT2D eigenvalue weighted by molar-refractivity contribution is 0.881. The van der Waals surface area contributed by atoms with Crippen LogP contribution in [0.4, 0.5) is 0 Å². The van der Waals surface area contributed by atoms with Crippen molar-refractivity contribution >= 4 is 50.2 Å². The van der Waals surface area contributed by atoms with Crippen LogP contribution in [0.3, 0.4) is 0 Å². The minimum atomic E-state index is -0.215. The third-order valence-electron chi connectivity index (χ3n) is 3.29. The molecule has 21 heavy (non-hydrogen) atoms. The van der Waals surface area contributed by atoms with Gasteiger partial charge in [-0.3, -0.25) is 4.57 Å². The van der Waals surface area contributed by atoms with Crippen LogP contribution in [0.5, 0.6) is 0 Å². The van der Waals surface area contributed by atoms with Crippen LogP contribution in [0.1, 0.15) is 23.7 Å². The fourth-order valence-corrected chi connectivity index (χ4v) is 3.47. The van der Waals surface area contributed by atoms with Crippen molar-refractivity contribution in [1.29, 1.82) is 0 Å². The van der Waals surface area contributed by atoms with Crippen LogP contribution in [-0.4, -0.2) is 9.55 Å². The Labute approximate surface area is 141 Å². The van der Waals surface area contributed by atoms with Gasteiger partial charge in [0.05, 0.1) is 21.4 Å². The zero-order valence-electron chi connectivity index (χ0n) is 11.6. The van der Waals surface area contributed by atoms with Crippen molar-refractivity contribution in [2.75, 3.05) is 0 Å². The minimum absolute atomic E-state index is 0.215. The van der Waals surface area contributed by atoms with Gasteiger partial charge in [0.2, 0.25) is 0 Å². The van der Waals surface area contributed by atoms with E-state index in [9.17, 15) is 0 Å². The molecule has 0 saturated heterocycles. The molecule has 3 rings (SSSR count). The summed E-state index contributed by atoms with van der Waals surface area (Å²) in [5, 5.41) is 0.453. The lowest BCUT2D eigenvalue weighted by Crippen LogP contribution is -2.02. The summed E-state index contributed by atoms with van der Waals surface area (Å²) in [6, 6.07) is 11.9. The molecule has 0 spiro atoms. The topological polar surface area (TPSA) is 17.8 Å². The highest BCUT2D eigenvalue weighted by Gasteiger charge is 2.18. The third kappa shape index (κ3) is 2.70. The molecule has 108 valence electrons. The first-order chi connectivity index (χ1) is 9.97. The van der Waals surface area contributed by atoms with Gasteiger partial charge in [-0.2, -0.15) is 0 Å². The SMILES string of the molecule is Cc1cc(Br)cc(-n2c(C(C)Cl)nc3cccc(Cl)c32)c1. The van der Waals surface area contributed by atoms with Gasteiger partial charge in [0.1, 0.15) is 5.82 Å². The lowest BCUT2D eigenvalue weighted by atomic mass is 10.2. The molecule has 2 nitrogen and oxygen atoms in total. The van der Waals surface area contributed by atoms with E-state index in [0.29, 0.717) is 5.02 Å². The lowest BCUT2D eigenvalue weighted by Gasteiger charge is -2.12. The summed E-state index contributed by atoms with van der Waals surface area (Å²) in [7, 11) is 0. The number of rotatable bonds is 2. The molecule has 0 N–H and O–H groups in total. The highest BCUT2D eigenvalue weighted by atomic mass is 79.9. The van der Waals surface area contributed by atoms with E-state index < -0.39 is 0 Å². The van der Waals surface area contributed by atoms with E-state index in [1.54, 1.807) is 0 Å². The van der Waals surface area contributed by atoms with E-state index in [4.69, 9.17) is 23.2 Å². The number of hydrogen-bond acceptors (Lipinski definition) is 1. The van der Waals surface area contributed by atoms with Crippen molar-refractivity contribution in [2.24, 2.45) is 0 Å². The molecule has 5 heteroatoms. The summed E-state index contributed by atoms with van der Waals surface area (Å²) < 4.78 is 3.05. The number of nitrogens with zero attached hydrogens (tertiary/aromatic N) is 2. The number of aromatic nitrogens is 2. The molecule has 1 heterocycles. The van der Waals surface area contributed by atoms with E-state index >= 15 is 0 Å². The molecular formula is C16H13BrCl2N2. The number of alkyl halides is 1. The predicted octanol–water partition coefficient (Wildman–Crippen LogP) is 6.05. The second-order valence-electron chi connectivity index (χ2n) is 5.02. The average Bonchev–Trinajstić information content (AvgIpc) is 2.78.